The summed E-state index contributed by atoms with van der Waals surface area (Å²) < 4.78 is 42.4. The predicted molar refractivity (Wildman–Crippen MR) is 55.2 cm³/mol. The van der Waals surface area contributed by atoms with E-state index in [1.165, 1.54) is 6.07 Å². The van der Waals surface area contributed by atoms with Crippen molar-refractivity contribution in [3.8, 4) is 5.88 Å². The summed E-state index contributed by atoms with van der Waals surface area (Å²) in [6.45, 7) is 4.00. The molecule has 0 aliphatic carbocycles. The van der Waals surface area contributed by atoms with E-state index in [-0.39, 0.29) is 24.2 Å². The molecule has 0 spiro atoms. The van der Waals surface area contributed by atoms with E-state index in [2.05, 4.69) is 9.97 Å². The van der Waals surface area contributed by atoms with Crippen molar-refractivity contribution in [1.29, 1.82) is 0 Å². The predicted octanol–water partition coefficient (Wildman–Crippen LogP) is 1.82. The van der Waals surface area contributed by atoms with Gasteiger partial charge in [-0.15, -0.1) is 0 Å². The zero-order valence-corrected chi connectivity index (χ0v) is 9.38. The van der Waals surface area contributed by atoms with Gasteiger partial charge in [0.2, 0.25) is 11.7 Å². The summed E-state index contributed by atoms with van der Waals surface area (Å²) in [5.74, 6) is 3.61. The van der Waals surface area contributed by atoms with Crippen LogP contribution in [0.15, 0.2) is 6.07 Å². The highest BCUT2D eigenvalue weighted by Gasteiger charge is 2.35. The van der Waals surface area contributed by atoms with Crippen LogP contribution in [-0.2, 0) is 6.18 Å². The average molecular weight is 250 g/mol. The third-order valence-electron chi connectivity index (χ3n) is 1.67. The number of nitrogen functional groups attached to an aromatic ring is 1. The molecular weight excluding hydrogens is 237 g/mol. The first kappa shape index (κ1) is 13.5. The summed E-state index contributed by atoms with van der Waals surface area (Å²) in [5.41, 5.74) is 2.04. The van der Waals surface area contributed by atoms with Crippen LogP contribution in [0.25, 0.3) is 0 Å². The van der Waals surface area contributed by atoms with Gasteiger partial charge in [0.1, 0.15) is 5.82 Å². The summed E-state index contributed by atoms with van der Waals surface area (Å²) in [4.78, 5) is 6.47. The van der Waals surface area contributed by atoms with Crippen LogP contribution in [0.1, 0.15) is 19.7 Å². The third kappa shape index (κ3) is 4.06. The lowest BCUT2D eigenvalue weighted by Gasteiger charge is -2.11. The number of anilines is 1. The highest BCUT2D eigenvalue weighted by Crippen LogP contribution is 2.28. The van der Waals surface area contributed by atoms with E-state index in [0.29, 0.717) is 0 Å². The number of halogens is 3. The fourth-order valence-electron chi connectivity index (χ4n) is 0.952. The molecule has 0 atom stereocenters. The fraction of sp³-hybridized carbons (Fsp3) is 0.556. The van der Waals surface area contributed by atoms with Crippen molar-refractivity contribution in [2.24, 2.45) is 11.8 Å². The molecule has 1 heterocycles. The molecule has 1 rings (SSSR count). The van der Waals surface area contributed by atoms with Crippen molar-refractivity contribution in [3.05, 3.63) is 11.9 Å². The van der Waals surface area contributed by atoms with E-state index in [4.69, 9.17) is 10.6 Å². The normalized spacial score (nSPS) is 11.7. The number of alkyl halides is 3. The molecule has 0 amide bonds. The van der Waals surface area contributed by atoms with Crippen LogP contribution in [0, 0.1) is 5.92 Å². The first-order valence-electron chi connectivity index (χ1n) is 4.88. The molecule has 5 nitrogen and oxygen atoms in total. The van der Waals surface area contributed by atoms with Crippen molar-refractivity contribution in [3.63, 3.8) is 0 Å². The van der Waals surface area contributed by atoms with Crippen molar-refractivity contribution < 1.29 is 17.9 Å². The number of nitrogens with two attached hydrogens (primary N) is 1. The van der Waals surface area contributed by atoms with E-state index in [1.54, 1.807) is 0 Å². The van der Waals surface area contributed by atoms with Crippen LogP contribution in [0.4, 0.5) is 19.0 Å². The van der Waals surface area contributed by atoms with E-state index in [1.807, 2.05) is 19.3 Å². The minimum atomic E-state index is -4.64. The molecule has 0 saturated carbocycles. The largest absolute Gasteiger partial charge is 0.477 e. The van der Waals surface area contributed by atoms with E-state index in [0.717, 1.165) is 0 Å². The summed E-state index contributed by atoms with van der Waals surface area (Å²) >= 11 is 0. The van der Waals surface area contributed by atoms with Gasteiger partial charge in [0.25, 0.3) is 0 Å². The molecule has 0 saturated heterocycles. The lowest BCUT2D eigenvalue weighted by Crippen LogP contribution is -2.17. The summed E-state index contributed by atoms with van der Waals surface area (Å²) in [6, 6.07) is 1.21. The maximum absolute atomic E-state index is 12.4. The van der Waals surface area contributed by atoms with Gasteiger partial charge >= 0.3 is 6.18 Å². The van der Waals surface area contributed by atoms with E-state index in [9.17, 15) is 13.2 Å². The smallest absolute Gasteiger partial charge is 0.451 e. The maximum Gasteiger partial charge on any atom is 0.451 e. The molecule has 96 valence electrons. The molecule has 0 aliphatic heterocycles. The van der Waals surface area contributed by atoms with Crippen LogP contribution in [-0.4, -0.2) is 16.6 Å². The Bertz CT molecular complexity index is 381. The van der Waals surface area contributed by atoms with Gasteiger partial charge in [0.05, 0.1) is 6.61 Å². The van der Waals surface area contributed by atoms with Gasteiger partial charge in [-0.3, -0.25) is 0 Å². The molecule has 8 heteroatoms. The minimum Gasteiger partial charge on any atom is -0.477 e. The Morgan fingerprint density at radius 1 is 1.41 bits per heavy atom. The topological polar surface area (TPSA) is 73.1 Å². The van der Waals surface area contributed by atoms with Gasteiger partial charge in [-0.2, -0.15) is 18.2 Å². The molecule has 0 fully saturated rings. The van der Waals surface area contributed by atoms with Crippen molar-refractivity contribution in [2.45, 2.75) is 20.0 Å². The number of aromatic nitrogens is 2. The standard InChI is InChI=1S/C9H13F3N4O/c1-5(2)4-17-7-3-6(16-13)14-8(15-7)9(10,11)12/h3,5H,4,13H2,1-2H3,(H,14,15,16). The summed E-state index contributed by atoms with van der Waals surface area (Å²) in [5, 5.41) is 0. The van der Waals surface area contributed by atoms with Crippen LogP contribution in [0.5, 0.6) is 5.88 Å². The molecule has 0 bridgehead atoms. The van der Waals surface area contributed by atoms with Gasteiger partial charge in [-0.25, -0.2) is 10.8 Å². The van der Waals surface area contributed by atoms with Crippen molar-refractivity contribution >= 4 is 5.82 Å². The highest BCUT2D eigenvalue weighted by molar-refractivity contribution is 5.37. The Hall–Kier alpha value is -1.57. The second-order valence-corrected chi connectivity index (χ2v) is 3.76. The second-order valence-electron chi connectivity index (χ2n) is 3.76. The summed E-state index contributed by atoms with van der Waals surface area (Å²) in [6.07, 6.45) is -4.64. The minimum absolute atomic E-state index is 0.147. The Morgan fingerprint density at radius 2 is 2.06 bits per heavy atom. The van der Waals surface area contributed by atoms with Crippen molar-refractivity contribution in [2.75, 3.05) is 12.0 Å². The summed E-state index contributed by atoms with van der Waals surface area (Å²) in [7, 11) is 0. The Morgan fingerprint density at radius 3 is 2.53 bits per heavy atom. The van der Waals surface area contributed by atoms with Crippen molar-refractivity contribution in [1.82, 2.24) is 9.97 Å². The van der Waals surface area contributed by atoms with Gasteiger partial charge < -0.3 is 10.2 Å². The number of nitrogens with zero attached hydrogens (tertiary/aromatic N) is 2. The van der Waals surface area contributed by atoms with Gasteiger partial charge in [0, 0.05) is 6.07 Å². The number of hydrogen-bond acceptors (Lipinski definition) is 5. The van der Waals surface area contributed by atoms with Gasteiger partial charge in [-0.05, 0) is 5.92 Å². The molecule has 1 aromatic rings. The van der Waals surface area contributed by atoms with Crippen LogP contribution < -0.4 is 16.0 Å². The highest BCUT2D eigenvalue weighted by atomic mass is 19.4. The molecule has 0 radical (unpaired) electrons. The number of hydrogen-bond donors (Lipinski definition) is 2. The molecule has 17 heavy (non-hydrogen) atoms. The Balaban J connectivity index is 2.97. The third-order valence-corrected chi connectivity index (χ3v) is 1.67. The van der Waals surface area contributed by atoms with Crippen LogP contribution >= 0.6 is 0 Å². The number of nitrogens with one attached hydrogen (secondary N) is 1. The monoisotopic (exact) mass is 250 g/mol. The maximum atomic E-state index is 12.4. The molecule has 0 unspecified atom stereocenters. The first-order chi connectivity index (χ1) is 7.82. The Kier molecular flexibility index (Phi) is 4.11. The van der Waals surface area contributed by atoms with Gasteiger partial charge in [-0.1, -0.05) is 13.8 Å². The van der Waals surface area contributed by atoms with E-state index >= 15 is 0 Å². The van der Waals surface area contributed by atoms with E-state index < -0.39 is 12.0 Å². The lowest BCUT2D eigenvalue weighted by atomic mass is 10.2. The Labute approximate surface area is 96.2 Å². The molecule has 3 N–H and O–H groups in total. The SMILES string of the molecule is CC(C)COc1cc(NN)nc(C(F)(F)F)n1. The average Bonchev–Trinajstić information content (AvgIpc) is 2.24. The van der Waals surface area contributed by atoms with Crippen LogP contribution in [0.2, 0.25) is 0 Å². The number of hydrazine groups is 1. The lowest BCUT2D eigenvalue weighted by molar-refractivity contribution is -0.145. The fourth-order valence-corrected chi connectivity index (χ4v) is 0.952. The number of rotatable bonds is 4. The zero-order chi connectivity index (χ0) is 13.1. The number of ether oxygens (including phenoxy) is 1. The zero-order valence-electron chi connectivity index (χ0n) is 9.38. The second kappa shape index (κ2) is 5.17. The molecular formula is C9H13F3N4O. The molecule has 0 aromatic carbocycles. The molecule has 0 aliphatic rings. The van der Waals surface area contributed by atoms with Crippen LogP contribution in [0.3, 0.4) is 0 Å². The van der Waals surface area contributed by atoms with Gasteiger partial charge in [0.15, 0.2) is 0 Å². The quantitative estimate of drug-likeness (QED) is 0.629. The molecule has 1 aromatic heterocycles. The first-order valence-corrected chi connectivity index (χ1v) is 4.88.